The number of hydrogen-bond acceptors (Lipinski definition) is 3. The summed E-state index contributed by atoms with van der Waals surface area (Å²) in [4.78, 5) is 11.1. The fourth-order valence-corrected chi connectivity index (χ4v) is 2.35. The number of carboxylic acid groups (broad SMARTS) is 1. The van der Waals surface area contributed by atoms with Crippen molar-refractivity contribution in [3.05, 3.63) is 29.8 Å². The van der Waals surface area contributed by atoms with E-state index in [1.165, 1.54) is 0 Å². The van der Waals surface area contributed by atoms with Gasteiger partial charge in [0, 0.05) is 13.5 Å². The second-order valence-electron chi connectivity index (χ2n) is 4.57. The van der Waals surface area contributed by atoms with Gasteiger partial charge >= 0.3 is 5.97 Å². The molecule has 1 aromatic carbocycles. The molecule has 0 heterocycles. The number of rotatable bonds is 4. The van der Waals surface area contributed by atoms with Gasteiger partial charge in [-0.1, -0.05) is 12.1 Å². The summed E-state index contributed by atoms with van der Waals surface area (Å²) in [6.07, 6.45) is 4.15. The molecule has 0 spiro atoms. The molecule has 4 heteroatoms. The molecule has 1 fully saturated rings. The SMILES string of the molecule is COC1CCCC(Oc2ccccc2C(=O)O)C1. The molecule has 1 aliphatic rings. The highest BCUT2D eigenvalue weighted by Crippen LogP contribution is 2.27. The summed E-state index contributed by atoms with van der Waals surface area (Å²) in [5.41, 5.74) is 0.219. The summed E-state index contributed by atoms with van der Waals surface area (Å²) in [5.74, 6) is -0.503. The van der Waals surface area contributed by atoms with Crippen LogP contribution in [0.15, 0.2) is 24.3 Å². The van der Waals surface area contributed by atoms with Crippen LogP contribution < -0.4 is 4.74 Å². The van der Waals surface area contributed by atoms with E-state index in [0.717, 1.165) is 25.7 Å². The Bertz CT molecular complexity index is 416. The van der Waals surface area contributed by atoms with Crippen molar-refractivity contribution in [3.63, 3.8) is 0 Å². The quantitative estimate of drug-likeness (QED) is 0.892. The molecular weight excluding hydrogens is 232 g/mol. The van der Waals surface area contributed by atoms with Crippen molar-refractivity contribution in [2.24, 2.45) is 0 Å². The number of benzene rings is 1. The van der Waals surface area contributed by atoms with Gasteiger partial charge in [-0.15, -0.1) is 0 Å². The second-order valence-corrected chi connectivity index (χ2v) is 4.57. The molecule has 1 saturated carbocycles. The third-order valence-electron chi connectivity index (χ3n) is 3.32. The zero-order chi connectivity index (χ0) is 13.0. The third-order valence-corrected chi connectivity index (χ3v) is 3.32. The van der Waals surface area contributed by atoms with E-state index in [0.29, 0.717) is 5.75 Å². The van der Waals surface area contributed by atoms with Gasteiger partial charge < -0.3 is 14.6 Å². The van der Waals surface area contributed by atoms with Gasteiger partial charge in [-0.05, 0) is 31.4 Å². The lowest BCUT2D eigenvalue weighted by Gasteiger charge is -2.29. The van der Waals surface area contributed by atoms with Gasteiger partial charge in [-0.3, -0.25) is 0 Å². The molecule has 1 N–H and O–H groups in total. The van der Waals surface area contributed by atoms with Gasteiger partial charge in [0.15, 0.2) is 0 Å². The van der Waals surface area contributed by atoms with Crippen LogP contribution in [0.25, 0.3) is 0 Å². The van der Waals surface area contributed by atoms with Gasteiger partial charge in [-0.25, -0.2) is 4.79 Å². The first kappa shape index (κ1) is 12.9. The Morgan fingerprint density at radius 2 is 2.00 bits per heavy atom. The van der Waals surface area contributed by atoms with Crippen LogP contribution in [0.5, 0.6) is 5.75 Å². The molecule has 1 aromatic rings. The fraction of sp³-hybridized carbons (Fsp3) is 0.500. The molecule has 0 radical (unpaired) electrons. The van der Waals surface area contributed by atoms with Crippen molar-refractivity contribution in [1.29, 1.82) is 0 Å². The number of ether oxygens (including phenoxy) is 2. The van der Waals surface area contributed by atoms with Crippen molar-refractivity contribution in [2.45, 2.75) is 37.9 Å². The lowest BCUT2D eigenvalue weighted by atomic mass is 9.95. The second kappa shape index (κ2) is 5.87. The van der Waals surface area contributed by atoms with Crippen LogP contribution in [-0.4, -0.2) is 30.4 Å². The Labute approximate surface area is 107 Å². The maximum Gasteiger partial charge on any atom is 0.339 e. The van der Waals surface area contributed by atoms with Gasteiger partial charge in [0.1, 0.15) is 17.4 Å². The molecule has 2 atom stereocenters. The summed E-state index contributed by atoms with van der Waals surface area (Å²) >= 11 is 0. The van der Waals surface area contributed by atoms with Crippen molar-refractivity contribution in [2.75, 3.05) is 7.11 Å². The molecule has 0 saturated heterocycles. The highest BCUT2D eigenvalue weighted by atomic mass is 16.5. The summed E-state index contributed by atoms with van der Waals surface area (Å²) in [7, 11) is 1.71. The van der Waals surface area contributed by atoms with Crippen molar-refractivity contribution < 1.29 is 19.4 Å². The van der Waals surface area contributed by atoms with Crippen molar-refractivity contribution in [3.8, 4) is 5.75 Å². The maximum absolute atomic E-state index is 11.1. The molecular formula is C14H18O4. The van der Waals surface area contributed by atoms with Crippen LogP contribution in [0.3, 0.4) is 0 Å². The molecule has 2 rings (SSSR count). The monoisotopic (exact) mass is 250 g/mol. The zero-order valence-electron chi connectivity index (χ0n) is 10.5. The first-order valence-corrected chi connectivity index (χ1v) is 6.22. The molecule has 0 bridgehead atoms. The molecule has 1 aliphatic carbocycles. The maximum atomic E-state index is 11.1. The van der Waals surface area contributed by atoms with Gasteiger partial charge in [-0.2, -0.15) is 0 Å². The Kier molecular flexibility index (Phi) is 4.20. The zero-order valence-corrected chi connectivity index (χ0v) is 10.5. The van der Waals surface area contributed by atoms with Crippen LogP contribution in [0.2, 0.25) is 0 Å². The third kappa shape index (κ3) is 3.01. The number of carbonyl (C=O) groups is 1. The normalized spacial score (nSPS) is 23.6. The topological polar surface area (TPSA) is 55.8 Å². The van der Waals surface area contributed by atoms with Crippen LogP contribution in [-0.2, 0) is 4.74 Å². The Hall–Kier alpha value is -1.55. The summed E-state index contributed by atoms with van der Waals surface area (Å²) in [6.45, 7) is 0. The van der Waals surface area contributed by atoms with Gasteiger partial charge in [0.2, 0.25) is 0 Å². The van der Waals surface area contributed by atoms with Gasteiger partial charge in [0.25, 0.3) is 0 Å². The van der Waals surface area contributed by atoms with E-state index in [1.54, 1.807) is 31.4 Å². The van der Waals surface area contributed by atoms with E-state index in [4.69, 9.17) is 14.6 Å². The predicted molar refractivity (Wildman–Crippen MR) is 67.1 cm³/mol. The fourth-order valence-electron chi connectivity index (χ4n) is 2.35. The highest BCUT2D eigenvalue weighted by Gasteiger charge is 2.24. The minimum atomic E-state index is -0.954. The van der Waals surface area contributed by atoms with E-state index < -0.39 is 5.97 Å². The predicted octanol–water partition coefficient (Wildman–Crippen LogP) is 2.72. The van der Waals surface area contributed by atoms with E-state index in [1.807, 2.05) is 0 Å². The molecule has 0 aromatic heterocycles. The average molecular weight is 250 g/mol. The average Bonchev–Trinajstić information content (AvgIpc) is 2.39. The minimum absolute atomic E-state index is 0.0456. The van der Waals surface area contributed by atoms with Crippen LogP contribution >= 0.6 is 0 Å². The molecule has 0 amide bonds. The Morgan fingerprint density at radius 3 is 2.72 bits per heavy atom. The molecule has 18 heavy (non-hydrogen) atoms. The summed E-state index contributed by atoms with van der Waals surface area (Å²) < 4.78 is 11.2. The number of methoxy groups -OCH3 is 1. The highest BCUT2D eigenvalue weighted by molar-refractivity contribution is 5.90. The molecule has 4 nitrogen and oxygen atoms in total. The Balaban J connectivity index is 2.07. The first-order chi connectivity index (χ1) is 8.70. The number of para-hydroxylation sites is 1. The summed E-state index contributed by atoms with van der Waals surface area (Å²) in [5, 5.41) is 9.09. The lowest BCUT2D eigenvalue weighted by Crippen LogP contribution is -2.29. The minimum Gasteiger partial charge on any atom is -0.489 e. The number of aromatic carboxylic acids is 1. The molecule has 98 valence electrons. The molecule has 0 aliphatic heterocycles. The van der Waals surface area contributed by atoms with E-state index in [-0.39, 0.29) is 17.8 Å². The number of carboxylic acids is 1. The first-order valence-electron chi connectivity index (χ1n) is 6.22. The number of hydrogen-bond donors (Lipinski definition) is 1. The van der Waals surface area contributed by atoms with E-state index >= 15 is 0 Å². The van der Waals surface area contributed by atoms with Crippen LogP contribution in [0.1, 0.15) is 36.0 Å². The standard InChI is InChI=1S/C14H18O4/c1-17-10-5-4-6-11(9-10)18-13-8-3-2-7-12(13)14(15)16/h2-3,7-8,10-11H,4-6,9H2,1H3,(H,15,16). The van der Waals surface area contributed by atoms with E-state index in [9.17, 15) is 4.79 Å². The van der Waals surface area contributed by atoms with Crippen LogP contribution in [0.4, 0.5) is 0 Å². The lowest BCUT2D eigenvalue weighted by molar-refractivity contribution is 0.0204. The van der Waals surface area contributed by atoms with Crippen molar-refractivity contribution in [1.82, 2.24) is 0 Å². The largest absolute Gasteiger partial charge is 0.489 e. The molecule has 2 unspecified atom stereocenters. The van der Waals surface area contributed by atoms with E-state index in [2.05, 4.69) is 0 Å². The van der Waals surface area contributed by atoms with Crippen molar-refractivity contribution >= 4 is 5.97 Å². The van der Waals surface area contributed by atoms with Gasteiger partial charge in [0.05, 0.1) is 6.10 Å². The Morgan fingerprint density at radius 1 is 1.28 bits per heavy atom. The smallest absolute Gasteiger partial charge is 0.339 e. The summed E-state index contributed by atoms with van der Waals surface area (Å²) in [6, 6.07) is 6.77. The van der Waals surface area contributed by atoms with Crippen LogP contribution in [0, 0.1) is 0 Å².